The molecule has 7 heteroatoms. The van der Waals surface area contributed by atoms with Crippen molar-refractivity contribution in [2.24, 2.45) is 0 Å². The average molecular weight is 267 g/mol. The van der Waals surface area contributed by atoms with Gasteiger partial charge in [0.15, 0.2) is 0 Å². The Balaban J connectivity index is 1.99. The van der Waals surface area contributed by atoms with Gasteiger partial charge in [-0.2, -0.15) is 0 Å². The maximum Gasteiger partial charge on any atom is 0.264 e. The first-order valence-electron chi connectivity index (χ1n) is 5.34. The lowest BCUT2D eigenvalue weighted by Gasteiger charge is -2.20. The Kier molecular flexibility index (Phi) is 3.44. The molecule has 0 saturated heterocycles. The van der Waals surface area contributed by atoms with Crippen molar-refractivity contribution in [2.45, 2.75) is 19.4 Å². The van der Waals surface area contributed by atoms with Crippen molar-refractivity contribution in [1.29, 1.82) is 0 Å². The minimum absolute atomic E-state index is 0.0523. The van der Waals surface area contributed by atoms with E-state index in [1.165, 1.54) is 6.20 Å². The van der Waals surface area contributed by atoms with Crippen molar-refractivity contribution in [1.82, 2.24) is 14.9 Å². The molecule has 0 bridgehead atoms. The minimum atomic E-state index is -1.25. The molecule has 18 heavy (non-hydrogen) atoms. The second-order valence-electron chi connectivity index (χ2n) is 4.15. The van der Waals surface area contributed by atoms with Gasteiger partial charge >= 0.3 is 0 Å². The van der Waals surface area contributed by atoms with Crippen molar-refractivity contribution in [3.8, 4) is 0 Å². The highest BCUT2D eigenvalue weighted by molar-refractivity contribution is 7.07. The molecule has 2 aromatic rings. The van der Waals surface area contributed by atoms with Crippen LogP contribution in [-0.2, 0) is 5.60 Å². The Morgan fingerprint density at radius 2 is 2.39 bits per heavy atom. The third-order valence-corrected chi connectivity index (χ3v) is 3.11. The topological polar surface area (TPSA) is 88.2 Å². The van der Waals surface area contributed by atoms with Gasteiger partial charge in [0, 0.05) is 0 Å². The SMILES string of the molecule is Cc1ccc(C(C)(O)CNC(=O)c2cnns2)o1. The van der Waals surface area contributed by atoms with Gasteiger partial charge in [-0.25, -0.2) is 0 Å². The smallest absolute Gasteiger partial charge is 0.264 e. The second-order valence-corrected chi connectivity index (χ2v) is 4.93. The van der Waals surface area contributed by atoms with E-state index in [1.807, 2.05) is 0 Å². The van der Waals surface area contributed by atoms with E-state index in [0.29, 0.717) is 16.4 Å². The highest BCUT2D eigenvalue weighted by atomic mass is 32.1. The molecule has 6 nitrogen and oxygen atoms in total. The maximum atomic E-state index is 11.7. The van der Waals surface area contributed by atoms with Crippen LogP contribution in [0.1, 0.15) is 28.1 Å². The number of hydrogen-bond acceptors (Lipinski definition) is 6. The summed E-state index contributed by atoms with van der Waals surface area (Å²) in [6, 6.07) is 3.45. The Labute approximate surface area is 108 Å². The first-order valence-corrected chi connectivity index (χ1v) is 6.11. The van der Waals surface area contributed by atoms with Crippen LogP contribution in [0.3, 0.4) is 0 Å². The number of nitrogens with zero attached hydrogens (tertiary/aromatic N) is 2. The molecule has 2 heterocycles. The van der Waals surface area contributed by atoms with Crippen molar-refractivity contribution >= 4 is 17.4 Å². The zero-order valence-corrected chi connectivity index (χ0v) is 10.8. The first-order chi connectivity index (χ1) is 8.49. The first kappa shape index (κ1) is 12.7. The number of aryl methyl sites for hydroxylation is 1. The summed E-state index contributed by atoms with van der Waals surface area (Å²) in [6.07, 6.45) is 1.38. The van der Waals surface area contributed by atoms with Crippen LogP contribution in [0.2, 0.25) is 0 Å². The third-order valence-electron chi connectivity index (χ3n) is 2.45. The molecular formula is C11H13N3O3S. The molecule has 1 unspecified atom stereocenters. The summed E-state index contributed by atoms with van der Waals surface area (Å²) >= 11 is 1.00. The number of carbonyl (C=O) groups excluding carboxylic acids is 1. The normalized spacial score (nSPS) is 14.2. The third kappa shape index (κ3) is 2.74. The quantitative estimate of drug-likeness (QED) is 0.865. The summed E-state index contributed by atoms with van der Waals surface area (Å²) in [5.41, 5.74) is -1.25. The van der Waals surface area contributed by atoms with E-state index in [2.05, 4.69) is 14.9 Å². The number of nitrogens with one attached hydrogen (secondary N) is 1. The van der Waals surface area contributed by atoms with Gasteiger partial charge in [-0.15, -0.1) is 5.10 Å². The largest absolute Gasteiger partial charge is 0.463 e. The minimum Gasteiger partial charge on any atom is -0.463 e. The summed E-state index contributed by atoms with van der Waals surface area (Å²) < 4.78 is 8.95. The molecule has 1 amide bonds. The summed E-state index contributed by atoms with van der Waals surface area (Å²) in [7, 11) is 0. The van der Waals surface area contributed by atoms with Gasteiger partial charge in [-0.1, -0.05) is 4.49 Å². The molecule has 0 aliphatic rings. The predicted molar refractivity (Wildman–Crippen MR) is 65.3 cm³/mol. The number of aromatic nitrogens is 2. The second kappa shape index (κ2) is 4.87. The number of carbonyl (C=O) groups is 1. The van der Waals surface area contributed by atoms with Gasteiger partial charge in [0.2, 0.25) is 0 Å². The molecule has 0 saturated carbocycles. The van der Waals surface area contributed by atoms with Gasteiger partial charge in [0.1, 0.15) is 22.0 Å². The van der Waals surface area contributed by atoms with Crippen LogP contribution in [0.15, 0.2) is 22.7 Å². The van der Waals surface area contributed by atoms with E-state index < -0.39 is 5.60 Å². The summed E-state index contributed by atoms with van der Waals surface area (Å²) in [4.78, 5) is 12.1. The molecule has 1 atom stereocenters. The number of furan rings is 1. The van der Waals surface area contributed by atoms with E-state index in [1.54, 1.807) is 26.0 Å². The van der Waals surface area contributed by atoms with Gasteiger partial charge in [-0.3, -0.25) is 4.79 Å². The lowest BCUT2D eigenvalue weighted by Crippen LogP contribution is -2.38. The van der Waals surface area contributed by atoms with Crippen LogP contribution >= 0.6 is 11.5 Å². The van der Waals surface area contributed by atoms with Crippen molar-refractivity contribution < 1.29 is 14.3 Å². The standard InChI is InChI=1S/C11H13N3O3S/c1-7-3-4-9(17-7)11(2,16)6-12-10(15)8-5-13-14-18-8/h3-5,16H,6H2,1-2H3,(H,12,15). The fraction of sp³-hybridized carbons (Fsp3) is 0.364. The maximum absolute atomic E-state index is 11.7. The molecule has 0 aliphatic carbocycles. The zero-order valence-electron chi connectivity index (χ0n) is 10.0. The summed E-state index contributed by atoms with van der Waals surface area (Å²) in [6.45, 7) is 3.42. The van der Waals surface area contributed by atoms with E-state index in [4.69, 9.17) is 4.42 Å². The molecule has 2 aromatic heterocycles. The molecule has 0 spiro atoms. The van der Waals surface area contributed by atoms with Crippen LogP contribution < -0.4 is 5.32 Å². The highest BCUT2D eigenvalue weighted by Gasteiger charge is 2.27. The predicted octanol–water partition coefficient (Wildman–Crippen LogP) is 1.08. The van der Waals surface area contributed by atoms with E-state index in [-0.39, 0.29) is 12.5 Å². The van der Waals surface area contributed by atoms with Crippen LogP contribution in [0.4, 0.5) is 0 Å². The Bertz CT molecular complexity index is 533. The summed E-state index contributed by atoms with van der Waals surface area (Å²) in [5.74, 6) is 0.819. The monoisotopic (exact) mass is 267 g/mol. The number of hydrogen-bond donors (Lipinski definition) is 2. The molecule has 0 fully saturated rings. The highest BCUT2D eigenvalue weighted by Crippen LogP contribution is 2.22. The zero-order chi connectivity index (χ0) is 13.2. The fourth-order valence-electron chi connectivity index (χ4n) is 1.42. The van der Waals surface area contributed by atoms with Crippen LogP contribution in [-0.4, -0.2) is 27.1 Å². The molecule has 96 valence electrons. The summed E-state index contributed by atoms with van der Waals surface area (Å²) in [5, 5.41) is 16.4. The Morgan fingerprint density at radius 1 is 1.61 bits per heavy atom. The van der Waals surface area contributed by atoms with Crippen molar-refractivity contribution in [3.05, 3.63) is 34.7 Å². The number of aliphatic hydroxyl groups is 1. The molecule has 0 aromatic carbocycles. The number of amides is 1. The Morgan fingerprint density at radius 3 is 2.94 bits per heavy atom. The van der Waals surface area contributed by atoms with Crippen molar-refractivity contribution in [2.75, 3.05) is 6.54 Å². The van der Waals surface area contributed by atoms with Gasteiger partial charge < -0.3 is 14.8 Å². The lowest BCUT2D eigenvalue weighted by atomic mass is 10.0. The molecular weight excluding hydrogens is 254 g/mol. The van der Waals surface area contributed by atoms with E-state index >= 15 is 0 Å². The molecule has 2 rings (SSSR count). The van der Waals surface area contributed by atoms with E-state index in [9.17, 15) is 9.90 Å². The molecule has 2 N–H and O–H groups in total. The molecule has 0 aliphatic heterocycles. The van der Waals surface area contributed by atoms with Gasteiger partial charge in [0.25, 0.3) is 5.91 Å². The van der Waals surface area contributed by atoms with E-state index in [0.717, 1.165) is 11.5 Å². The van der Waals surface area contributed by atoms with Crippen molar-refractivity contribution in [3.63, 3.8) is 0 Å². The fourth-order valence-corrected chi connectivity index (χ4v) is 1.85. The Hall–Kier alpha value is -1.73. The molecule has 0 radical (unpaired) electrons. The van der Waals surface area contributed by atoms with Crippen LogP contribution in [0.25, 0.3) is 0 Å². The number of rotatable bonds is 4. The van der Waals surface area contributed by atoms with Crippen LogP contribution in [0.5, 0.6) is 0 Å². The van der Waals surface area contributed by atoms with Gasteiger partial charge in [-0.05, 0) is 37.5 Å². The van der Waals surface area contributed by atoms with Crippen LogP contribution in [0, 0.1) is 6.92 Å². The average Bonchev–Trinajstić information content (AvgIpc) is 2.96. The van der Waals surface area contributed by atoms with Gasteiger partial charge in [0.05, 0.1) is 12.7 Å². The lowest BCUT2D eigenvalue weighted by molar-refractivity contribution is 0.0324.